The van der Waals surface area contributed by atoms with Gasteiger partial charge in [0.15, 0.2) is 0 Å². The first-order valence-corrected chi connectivity index (χ1v) is 8.67. The molecule has 0 aromatic heterocycles. The summed E-state index contributed by atoms with van der Waals surface area (Å²) in [5.41, 5.74) is 4.25. The summed E-state index contributed by atoms with van der Waals surface area (Å²) in [6.07, 6.45) is 5.13. The van der Waals surface area contributed by atoms with E-state index in [2.05, 4.69) is 6.92 Å². The van der Waals surface area contributed by atoms with Crippen LogP contribution in [-0.2, 0) is 19.1 Å². The number of ether oxygens (including phenoxy) is 2. The minimum atomic E-state index is -0.462. The molecule has 0 spiro atoms. The van der Waals surface area contributed by atoms with E-state index in [1.165, 1.54) is 11.6 Å². The maximum absolute atomic E-state index is 12.2. The molecular formula is C20H22O5. The Kier molecular flexibility index (Phi) is 3.55. The van der Waals surface area contributed by atoms with Gasteiger partial charge < -0.3 is 14.6 Å². The van der Waals surface area contributed by atoms with Crippen molar-refractivity contribution in [2.75, 3.05) is 13.2 Å². The fourth-order valence-corrected chi connectivity index (χ4v) is 4.57. The number of allylic oxidation sites excluding steroid dienone is 4. The van der Waals surface area contributed by atoms with E-state index in [0.29, 0.717) is 29.6 Å². The first-order chi connectivity index (χ1) is 11.8. The van der Waals surface area contributed by atoms with Crippen LogP contribution in [0.3, 0.4) is 0 Å². The minimum absolute atomic E-state index is 0.0717. The lowest BCUT2D eigenvalue weighted by Crippen LogP contribution is -2.23. The van der Waals surface area contributed by atoms with Crippen LogP contribution in [0.2, 0.25) is 0 Å². The standard InChI is InChI=1S/C20H22O5/c1-10(2)4-18(22)24-9-14-12-6-16-13(8-21)11-5-15(11)20(16,3)7-17(12)25-19(14)23/h4,7,11,15,21H,5-6,8-9H2,1-3H3. The summed E-state index contributed by atoms with van der Waals surface area (Å²) in [5.74, 6) is 0.687. The van der Waals surface area contributed by atoms with Gasteiger partial charge in [0.2, 0.25) is 0 Å². The lowest BCUT2D eigenvalue weighted by molar-refractivity contribution is -0.138. The monoisotopic (exact) mass is 342 g/mol. The fourth-order valence-electron chi connectivity index (χ4n) is 4.57. The molecule has 0 saturated heterocycles. The average Bonchev–Trinajstić information content (AvgIpc) is 3.21. The molecule has 1 saturated carbocycles. The van der Waals surface area contributed by atoms with E-state index in [1.807, 2.05) is 19.9 Å². The predicted octanol–water partition coefficient (Wildman–Crippen LogP) is 2.58. The predicted molar refractivity (Wildman–Crippen MR) is 90.0 cm³/mol. The van der Waals surface area contributed by atoms with Crippen LogP contribution in [-0.4, -0.2) is 30.3 Å². The molecule has 0 radical (unpaired) electrons. The van der Waals surface area contributed by atoms with Gasteiger partial charge in [0.05, 0.1) is 12.2 Å². The SMILES string of the molecule is CC(C)=CC(=O)OCC1=C2CC3=C(CO)C4CC4C3(C)C=C2OC1=O. The van der Waals surface area contributed by atoms with Crippen LogP contribution in [0.5, 0.6) is 0 Å². The van der Waals surface area contributed by atoms with E-state index < -0.39 is 11.9 Å². The van der Waals surface area contributed by atoms with Crippen molar-refractivity contribution in [1.29, 1.82) is 0 Å². The number of hydrogen-bond donors (Lipinski definition) is 1. The summed E-state index contributed by atoms with van der Waals surface area (Å²) in [6.45, 7) is 5.77. The van der Waals surface area contributed by atoms with Crippen LogP contribution >= 0.6 is 0 Å². The number of carbonyl (C=O) groups is 2. The molecule has 5 heteroatoms. The van der Waals surface area contributed by atoms with Gasteiger partial charge in [-0.1, -0.05) is 18.1 Å². The summed E-state index contributed by atoms with van der Waals surface area (Å²) in [6, 6.07) is 0. The third-order valence-electron chi connectivity index (χ3n) is 5.88. The Hall–Kier alpha value is -2.14. The molecule has 4 rings (SSSR count). The normalized spacial score (nSPS) is 31.8. The Labute approximate surface area is 146 Å². The molecule has 0 bridgehead atoms. The Balaban J connectivity index is 1.65. The molecule has 0 aromatic carbocycles. The molecule has 1 aliphatic heterocycles. The first kappa shape index (κ1) is 16.3. The lowest BCUT2D eigenvalue weighted by Gasteiger charge is -2.32. The third kappa shape index (κ3) is 2.41. The maximum atomic E-state index is 12.2. The molecule has 1 N–H and O–H groups in total. The molecule has 132 valence electrons. The van der Waals surface area contributed by atoms with Gasteiger partial charge in [0.1, 0.15) is 12.4 Å². The number of aliphatic hydroxyl groups excluding tert-OH is 1. The Morgan fingerprint density at radius 2 is 2.24 bits per heavy atom. The van der Waals surface area contributed by atoms with Crippen molar-refractivity contribution in [2.45, 2.75) is 33.6 Å². The second-order valence-corrected chi connectivity index (χ2v) is 7.75. The van der Waals surface area contributed by atoms with E-state index in [9.17, 15) is 14.7 Å². The molecule has 25 heavy (non-hydrogen) atoms. The highest BCUT2D eigenvalue weighted by Gasteiger charge is 2.60. The molecule has 4 aliphatic rings. The van der Waals surface area contributed by atoms with Crippen LogP contribution in [0.15, 0.2) is 45.8 Å². The van der Waals surface area contributed by atoms with Gasteiger partial charge in [0.25, 0.3) is 0 Å². The summed E-state index contributed by atoms with van der Waals surface area (Å²) < 4.78 is 10.7. The number of aliphatic hydroxyl groups is 1. The molecule has 5 nitrogen and oxygen atoms in total. The Bertz CT molecular complexity index is 806. The van der Waals surface area contributed by atoms with Gasteiger partial charge in [0, 0.05) is 17.1 Å². The minimum Gasteiger partial charge on any atom is -0.457 e. The van der Waals surface area contributed by atoms with Crippen LogP contribution in [0, 0.1) is 17.3 Å². The molecule has 0 aromatic rings. The number of rotatable bonds is 4. The highest BCUT2D eigenvalue weighted by atomic mass is 16.6. The van der Waals surface area contributed by atoms with Gasteiger partial charge in [-0.3, -0.25) is 0 Å². The van der Waals surface area contributed by atoms with Crippen molar-refractivity contribution in [3.05, 3.63) is 45.8 Å². The van der Waals surface area contributed by atoms with Crippen LogP contribution in [0.1, 0.15) is 33.6 Å². The van der Waals surface area contributed by atoms with E-state index >= 15 is 0 Å². The van der Waals surface area contributed by atoms with E-state index in [0.717, 1.165) is 23.1 Å². The van der Waals surface area contributed by atoms with Gasteiger partial charge in [-0.2, -0.15) is 0 Å². The Morgan fingerprint density at radius 3 is 2.92 bits per heavy atom. The summed E-state index contributed by atoms with van der Waals surface area (Å²) in [7, 11) is 0. The maximum Gasteiger partial charge on any atom is 0.343 e. The van der Waals surface area contributed by atoms with Crippen LogP contribution in [0.4, 0.5) is 0 Å². The number of carbonyl (C=O) groups excluding carboxylic acids is 2. The summed E-state index contributed by atoms with van der Waals surface area (Å²) in [4.78, 5) is 24.0. The molecule has 1 fully saturated rings. The topological polar surface area (TPSA) is 72.8 Å². The zero-order valence-electron chi connectivity index (χ0n) is 14.7. The molecule has 3 atom stereocenters. The van der Waals surface area contributed by atoms with Crippen molar-refractivity contribution >= 4 is 11.9 Å². The summed E-state index contributed by atoms with van der Waals surface area (Å²) in [5, 5.41) is 9.77. The van der Waals surface area contributed by atoms with E-state index in [-0.39, 0.29) is 18.6 Å². The van der Waals surface area contributed by atoms with Gasteiger partial charge in [-0.05, 0) is 50.2 Å². The van der Waals surface area contributed by atoms with Gasteiger partial charge in [-0.15, -0.1) is 0 Å². The second-order valence-electron chi connectivity index (χ2n) is 7.75. The smallest absolute Gasteiger partial charge is 0.343 e. The molecule has 0 amide bonds. The van der Waals surface area contributed by atoms with Crippen molar-refractivity contribution < 1.29 is 24.2 Å². The van der Waals surface area contributed by atoms with E-state index in [1.54, 1.807) is 0 Å². The van der Waals surface area contributed by atoms with Crippen molar-refractivity contribution in [3.63, 3.8) is 0 Å². The van der Waals surface area contributed by atoms with Crippen molar-refractivity contribution in [2.24, 2.45) is 17.3 Å². The largest absolute Gasteiger partial charge is 0.457 e. The number of fused-ring (bicyclic) bond motifs is 4. The molecule has 1 heterocycles. The quantitative estimate of drug-likeness (QED) is 0.483. The van der Waals surface area contributed by atoms with Crippen molar-refractivity contribution in [1.82, 2.24) is 0 Å². The van der Waals surface area contributed by atoms with E-state index in [4.69, 9.17) is 9.47 Å². The highest BCUT2D eigenvalue weighted by Crippen LogP contribution is 2.68. The van der Waals surface area contributed by atoms with Crippen molar-refractivity contribution in [3.8, 4) is 0 Å². The van der Waals surface area contributed by atoms with Gasteiger partial charge in [-0.25, -0.2) is 9.59 Å². The fraction of sp³-hybridized carbons (Fsp3) is 0.500. The molecule has 3 aliphatic carbocycles. The van der Waals surface area contributed by atoms with Gasteiger partial charge >= 0.3 is 11.9 Å². The van der Waals surface area contributed by atoms with Crippen LogP contribution < -0.4 is 0 Å². The number of esters is 2. The zero-order chi connectivity index (χ0) is 17.9. The molecular weight excluding hydrogens is 320 g/mol. The number of hydrogen-bond acceptors (Lipinski definition) is 5. The second kappa shape index (κ2) is 5.43. The molecule has 3 unspecified atom stereocenters. The first-order valence-electron chi connectivity index (χ1n) is 8.67. The van der Waals surface area contributed by atoms with Crippen LogP contribution in [0.25, 0.3) is 0 Å². The third-order valence-corrected chi connectivity index (χ3v) is 5.88. The zero-order valence-corrected chi connectivity index (χ0v) is 14.7. The highest BCUT2D eigenvalue weighted by molar-refractivity contribution is 5.96. The average molecular weight is 342 g/mol. The lowest BCUT2D eigenvalue weighted by atomic mass is 9.72. The summed E-state index contributed by atoms with van der Waals surface area (Å²) >= 11 is 0. The Morgan fingerprint density at radius 1 is 1.48 bits per heavy atom.